The second-order valence-corrected chi connectivity index (χ2v) is 12.7. The molecular weight excluding hydrogens is 774 g/mol. The molecule has 0 atom stereocenters. The van der Waals surface area contributed by atoms with Gasteiger partial charge in [0.2, 0.25) is 11.0 Å². The van der Waals surface area contributed by atoms with Gasteiger partial charge in [0.25, 0.3) is 11.8 Å². The molecule has 4 aromatic carbocycles. The summed E-state index contributed by atoms with van der Waals surface area (Å²) < 4.78 is 15.1. The molecule has 4 rings (SSSR count). The van der Waals surface area contributed by atoms with Crippen molar-refractivity contribution in [2.24, 2.45) is 0 Å². The lowest BCUT2D eigenvalue weighted by Crippen LogP contribution is -2.21. The van der Waals surface area contributed by atoms with E-state index in [1.165, 1.54) is 38.7 Å². The summed E-state index contributed by atoms with van der Waals surface area (Å²) >= 11 is 4.64. The van der Waals surface area contributed by atoms with Crippen LogP contribution in [0.1, 0.15) is 80.3 Å². The number of anilines is 2. The highest BCUT2D eigenvalue weighted by atomic mass is 35.5. The fraction of sp³-hybridized carbons (Fsp3) is 0.286. The molecule has 0 heterocycles. The van der Waals surface area contributed by atoms with Gasteiger partial charge in [-0.25, -0.2) is 0 Å². The quantitative estimate of drug-likeness (QED) is 0.0453. The number of carbonyl (C=O) groups is 6. The summed E-state index contributed by atoms with van der Waals surface area (Å²) in [6, 6.07) is 18.9. The molecule has 0 aliphatic heterocycles. The molecule has 0 aromatic heterocycles. The van der Waals surface area contributed by atoms with Crippen molar-refractivity contribution >= 4 is 57.9 Å². The number of nitrogens with one attached hydrogen (secondary N) is 2. The SMILES string of the molecule is CC(=O)Cl.CC(=O)Oc1cc(C(=O)Nc2ccc(C)cc2)cc(OC(C)=O)c1OC(C)=O.CCN(CC)CC.Cc1ccc(NC(=O)c2cc(O)c(O)c(O)c2)cc1. The number of carbonyl (C=O) groups excluding carboxylic acids is 6. The summed E-state index contributed by atoms with van der Waals surface area (Å²) in [5.41, 5.74) is 3.32. The highest BCUT2D eigenvalue weighted by Crippen LogP contribution is 2.40. The maximum absolute atomic E-state index is 12.6. The van der Waals surface area contributed by atoms with Crippen molar-refractivity contribution in [1.29, 1.82) is 0 Å². The number of hydrogen-bond donors (Lipinski definition) is 5. The first kappa shape index (κ1) is 49.6. The van der Waals surface area contributed by atoms with Crippen LogP contribution in [0, 0.1) is 13.8 Å². The average molecular weight is 824 g/mol. The molecule has 0 bridgehead atoms. The van der Waals surface area contributed by atoms with E-state index in [0.29, 0.717) is 11.4 Å². The van der Waals surface area contributed by atoms with Crippen molar-refractivity contribution in [2.45, 2.75) is 62.3 Å². The van der Waals surface area contributed by atoms with Crippen LogP contribution in [0.25, 0.3) is 0 Å². The molecule has 312 valence electrons. The molecule has 0 saturated heterocycles. The standard InChI is InChI=1S/C20H19NO7.C14H13NO4.C6H15N.C2H3ClO/c1-11-5-7-16(8-6-11)21-20(25)15-9-17(26-12(2)22)19(28-14(4)24)18(10-15)27-13(3)23;1-8-2-4-10(5-3-8)15-14(19)9-6-11(16)13(18)12(17)7-9;1-4-7(5-2)6-3;1-2(3)4/h5-10H,1-4H3,(H,21,25);2-7,16-18H,1H3,(H,15,19);4-6H2,1-3H3;1H3. The van der Waals surface area contributed by atoms with Crippen LogP contribution in [-0.4, -0.2) is 74.8 Å². The Kier molecular flexibility index (Phi) is 21.3. The zero-order chi connectivity index (χ0) is 44.1. The lowest BCUT2D eigenvalue weighted by molar-refractivity contribution is -0.135. The van der Waals surface area contributed by atoms with Crippen molar-refractivity contribution < 1.29 is 58.3 Å². The minimum Gasteiger partial charge on any atom is -0.504 e. The predicted molar refractivity (Wildman–Crippen MR) is 220 cm³/mol. The lowest BCUT2D eigenvalue weighted by atomic mass is 10.1. The van der Waals surface area contributed by atoms with E-state index in [2.05, 4.69) is 47.9 Å². The van der Waals surface area contributed by atoms with Crippen LogP contribution in [0.2, 0.25) is 0 Å². The van der Waals surface area contributed by atoms with E-state index in [1.807, 2.05) is 38.1 Å². The molecule has 0 saturated carbocycles. The number of amides is 2. The van der Waals surface area contributed by atoms with Gasteiger partial charge in [0.1, 0.15) is 0 Å². The van der Waals surface area contributed by atoms with Crippen LogP contribution in [-0.2, 0) is 19.2 Å². The third kappa shape index (κ3) is 18.5. The van der Waals surface area contributed by atoms with Gasteiger partial charge in [-0.15, -0.1) is 0 Å². The van der Waals surface area contributed by atoms with Crippen molar-refractivity contribution in [3.8, 4) is 34.5 Å². The van der Waals surface area contributed by atoms with E-state index in [1.54, 1.807) is 24.3 Å². The van der Waals surface area contributed by atoms with Gasteiger partial charge >= 0.3 is 17.9 Å². The van der Waals surface area contributed by atoms with E-state index < -0.39 is 47.0 Å². The number of hydrogen-bond acceptors (Lipinski definition) is 13. The summed E-state index contributed by atoms with van der Waals surface area (Å²) in [5, 5.41) is 32.8. The molecule has 16 heteroatoms. The Morgan fingerprint density at radius 2 is 0.879 bits per heavy atom. The van der Waals surface area contributed by atoms with Gasteiger partial charge in [-0.05, 0) is 93.6 Å². The number of nitrogens with zero attached hydrogens (tertiary/aromatic N) is 1. The second-order valence-electron chi connectivity index (χ2n) is 12.2. The number of halogens is 1. The Morgan fingerprint density at radius 3 is 1.16 bits per heavy atom. The normalized spacial score (nSPS) is 9.84. The zero-order valence-electron chi connectivity index (χ0n) is 33.9. The van der Waals surface area contributed by atoms with E-state index in [4.69, 9.17) is 14.2 Å². The number of aromatic hydroxyl groups is 3. The molecule has 0 radical (unpaired) electrons. The lowest BCUT2D eigenvalue weighted by Gasteiger charge is -2.15. The van der Waals surface area contributed by atoms with Gasteiger partial charge in [-0.1, -0.05) is 56.2 Å². The highest BCUT2D eigenvalue weighted by molar-refractivity contribution is 6.62. The first-order valence-corrected chi connectivity index (χ1v) is 18.2. The number of benzene rings is 4. The van der Waals surface area contributed by atoms with E-state index in [9.17, 15) is 44.1 Å². The number of esters is 3. The molecule has 4 aromatic rings. The first-order valence-electron chi connectivity index (χ1n) is 17.8. The third-order valence-electron chi connectivity index (χ3n) is 7.33. The molecule has 0 unspecified atom stereocenters. The fourth-order valence-electron chi connectivity index (χ4n) is 4.50. The van der Waals surface area contributed by atoms with Crippen molar-refractivity contribution in [3.63, 3.8) is 0 Å². The van der Waals surface area contributed by atoms with Crippen LogP contribution in [0.15, 0.2) is 72.8 Å². The van der Waals surface area contributed by atoms with Gasteiger partial charge in [0, 0.05) is 50.2 Å². The summed E-state index contributed by atoms with van der Waals surface area (Å²) in [6.07, 6.45) is 0. The largest absolute Gasteiger partial charge is 0.504 e. The van der Waals surface area contributed by atoms with Crippen LogP contribution in [0.4, 0.5) is 11.4 Å². The summed E-state index contributed by atoms with van der Waals surface area (Å²) in [7, 11) is 0. The van der Waals surface area contributed by atoms with E-state index in [-0.39, 0.29) is 33.6 Å². The molecular formula is C42H50ClN3O12. The molecule has 58 heavy (non-hydrogen) atoms. The van der Waals surface area contributed by atoms with Gasteiger partial charge in [-0.2, -0.15) is 0 Å². The van der Waals surface area contributed by atoms with Crippen molar-refractivity contribution in [1.82, 2.24) is 4.90 Å². The predicted octanol–water partition coefficient (Wildman–Crippen LogP) is 7.51. The number of phenolic OH excluding ortho intramolecular Hbond substituents is 3. The summed E-state index contributed by atoms with van der Waals surface area (Å²) in [6.45, 7) is 18.7. The molecule has 15 nitrogen and oxygen atoms in total. The Hall–Kier alpha value is -6.45. The van der Waals surface area contributed by atoms with Crippen LogP contribution >= 0.6 is 11.6 Å². The summed E-state index contributed by atoms with van der Waals surface area (Å²) in [5.74, 6) is -5.64. The molecule has 0 aliphatic carbocycles. The van der Waals surface area contributed by atoms with Crippen molar-refractivity contribution in [3.05, 3.63) is 95.1 Å². The zero-order valence-corrected chi connectivity index (χ0v) is 34.6. The maximum atomic E-state index is 12.6. The van der Waals surface area contributed by atoms with E-state index in [0.717, 1.165) is 44.0 Å². The monoisotopic (exact) mass is 823 g/mol. The van der Waals surface area contributed by atoms with Crippen LogP contribution in [0.3, 0.4) is 0 Å². The van der Waals surface area contributed by atoms with Crippen LogP contribution in [0.5, 0.6) is 34.5 Å². The Bertz CT molecular complexity index is 1960. The van der Waals surface area contributed by atoms with Crippen LogP contribution < -0.4 is 24.8 Å². The Balaban J connectivity index is 0.000000479. The molecule has 2 amide bonds. The number of aryl methyl sites for hydroxylation is 2. The summed E-state index contributed by atoms with van der Waals surface area (Å²) in [4.78, 5) is 70.3. The molecule has 0 fully saturated rings. The van der Waals surface area contributed by atoms with Gasteiger partial charge < -0.3 is 45.1 Å². The number of phenols is 3. The number of rotatable bonds is 10. The average Bonchev–Trinajstić information content (AvgIpc) is 3.14. The van der Waals surface area contributed by atoms with Gasteiger partial charge in [-0.3, -0.25) is 28.8 Å². The second kappa shape index (κ2) is 24.9. The first-order chi connectivity index (χ1) is 27.2. The third-order valence-corrected chi connectivity index (χ3v) is 7.33. The molecule has 0 aliphatic rings. The topological polar surface area (TPSA) is 218 Å². The Morgan fingerprint density at radius 1 is 0.569 bits per heavy atom. The minimum absolute atomic E-state index is 0.0315. The van der Waals surface area contributed by atoms with Gasteiger partial charge in [0.05, 0.1) is 0 Å². The minimum atomic E-state index is -0.723. The molecule has 5 N–H and O–H groups in total. The van der Waals surface area contributed by atoms with Gasteiger partial charge in [0.15, 0.2) is 28.7 Å². The maximum Gasteiger partial charge on any atom is 0.308 e. The Labute approximate surface area is 342 Å². The van der Waals surface area contributed by atoms with Crippen molar-refractivity contribution in [2.75, 3.05) is 30.3 Å². The number of ether oxygens (including phenoxy) is 3. The highest BCUT2D eigenvalue weighted by Gasteiger charge is 2.22. The van der Waals surface area contributed by atoms with E-state index >= 15 is 0 Å². The molecule has 0 spiro atoms. The fourth-order valence-corrected chi connectivity index (χ4v) is 4.50. The smallest absolute Gasteiger partial charge is 0.308 e.